The van der Waals surface area contributed by atoms with Gasteiger partial charge in [-0.1, -0.05) is 109 Å². The van der Waals surface area contributed by atoms with Gasteiger partial charge in [0.2, 0.25) is 0 Å². The molecule has 0 N–H and O–H groups in total. The zero-order chi connectivity index (χ0) is 30.5. The highest BCUT2D eigenvalue weighted by Gasteiger charge is 2.29. The Kier molecular flexibility index (Phi) is 6.68. The van der Waals surface area contributed by atoms with Crippen molar-refractivity contribution < 1.29 is 0 Å². The van der Waals surface area contributed by atoms with Gasteiger partial charge in [0.1, 0.15) is 0 Å². The highest BCUT2D eigenvalue weighted by atomic mass is 32.2. The third-order valence-electron chi connectivity index (χ3n) is 9.23. The Morgan fingerprint density at radius 1 is 0.652 bits per heavy atom. The summed E-state index contributed by atoms with van der Waals surface area (Å²) in [7, 11) is 0. The predicted molar refractivity (Wildman–Crippen MR) is 191 cm³/mol. The summed E-state index contributed by atoms with van der Waals surface area (Å²) >= 11 is 2.04. The van der Waals surface area contributed by atoms with Crippen molar-refractivity contribution in [1.82, 2.24) is 14.5 Å². The van der Waals surface area contributed by atoms with Crippen molar-refractivity contribution in [2.75, 3.05) is 0 Å². The lowest BCUT2D eigenvalue weighted by molar-refractivity contribution is 0.888. The minimum atomic E-state index is 0.458. The van der Waals surface area contributed by atoms with Crippen LogP contribution in [0.4, 0.5) is 0 Å². The van der Waals surface area contributed by atoms with Crippen LogP contribution < -0.4 is 0 Å². The first-order valence-corrected chi connectivity index (χ1v) is 16.9. The maximum Gasteiger partial charge on any atom is 0.160 e. The molecule has 0 saturated carbocycles. The van der Waals surface area contributed by atoms with Gasteiger partial charge >= 0.3 is 0 Å². The van der Waals surface area contributed by atoms with Gasteiger partial charge in [-0.3, -0.25) is 0 Å². The van der Waals surface area contributed by atoms with Gasteiger partial charge in [0, 0.05) is 49.2 Å². The van der Waals surface area contributed by atoms with Crippen LogP contribution in [0, 0.1) is 0 Å². The average Bonchev–Trinajstić information content (AvgIpc) is 3.72. The molecule has 0 radical (unpaired) electrons. The van der Waals surface area contributed by atoms with E-state index in [0.717, 1.165) is 53.2 Å². The highest BCUT2D eigenvalue weighted by molar-refractivity contribution is 8.00. The molecule has 5 aromatic carbocycles. The Morgan fingerprint density at radius 3 is 1.98 bits per heavy atom. The largest absolute Gasteiger partial charge is 0.313 e. The first kappa shape index (κ1) is 27.1. The zero-order valence-electron chi connectivity index (χ0n) is 25.3. The number of thioether (sulfide) groups is 1. The fourth-order valence-corrected chi connectivity index (χ4v) is 8.47. The average molecular weight is 610 g/mol. The number of hydrogen-bond acceptors (Lipinski definition) is 3. The summed E-state index contributed by atoms with van der Waals surface area (Å²) in [6.45, 7) is 0. The van der Waals surface area contributed by atoms with Crippen LogP contribution in [-0.2, 0) is 12.8 Å². The molecule has 4 heteroatoms. The van der Waals surface area contributed by atoms with E-state index >= 15 is 0 Å². The van der Waals surface area contributed by atoms with E-state index in [4.69, 9.17) is 9.97 Å². The molecule has 7 aromatic rings. The van der Waals surface area contributed by atoms with Crippen LogP contribution in [0.25, 0.3) is 56.6 Å². The third-order valence-corrected chi connectivity index (χ3v) is 10.7. The van der Waals surface area contributed by atoms with E-state index in [9.17, 15) is 0 Å². The monoisotopic (exact) mass is 609 g/mol. The van der Waals surface area contributed by atoms with Crippen LogP contribution >= 0.6 is 11.8 Å². The van der Waals surface area contributed by atoms with Crippen molar-refractivity contribution in [3.8, 4) is 39.6 Å². The summed E-state index contributed by atoms with van der Waals surface area (Å²) < 4.78 is 2.49. The van der Waals surface area contributed by atoms with Crippen molar-refractivity contribution in [1.29, 1.82) is 0 Å². The Labute approximate surface area is 273 Å². The van der Waals surface area contributed by atoms with Gasteiger partial charge in [0.15, 0.2) is 5.82 Å². The molecule has 2 aromatic heterocycles. The van der Waals surface area contributed by atoms with Crippen LogP contribution in [0.5, 0.6) is 0 Å². The molecular weight excluding hydrogens is 579 g/mol. The lowest BCUT2D eigenvalue weighted by atomic mass is 9.99. The van der Waals surface area contributed by atoms with E-state index in [1.54, 1.807) is 0 Å². The van der Waals surface area contributed by atoms with Crippen molar-refractivity contribution in [3.63, 3.8) is 0 Å². The molecule has 0 saturated heterocycles. The standard InChI is InChI=1S/C42H31N3S/c1-4-12-28(13-5-1)35-27-36(29-14-6-2-7-15-29)44-42(43-35)31-20-23-33(24-21-31)45-37-19-11-10-18-34(37)40-38(45)25-22-32-26-39(46-41(32)40)30-16-8-3-9-17-30/h1-10,12-18,20-25,27,39H,11,19,26H2. The maximum absolute atomic E-state index is 5.05. The minimum absolute atomic E-state index is 0.458. The van der Waals surface area contributed by atoms with Gasteiger partial charge < -0.3 is 4.57 Å². The van der Waals surface area contributed by atoms with Crippen LogP contribution in [0.1, 0.15) is 34.1 Å². The molecule has 2 aliphatic rings. The van der Waals surface area contributed by atoms with Crippen molar-refractivity contribution in [2.45, 2.75) is 29.4 Å². The molecular formula is C42H31N3S. The first-order chi connectivity index (χ1) is 22.8. The summed E-state index contributed by atoms with van der Waals surface area (Å²) in [4.78, 5) is 11.6. The molecule has 0 spiro atoms. The van der Waals surface area contributed by atoms with Crippen LogP contribution in [0.3, 0.4) is 0 Å². The smallest absolute Gasteiger partial charge is 0.160 e. The lowest BCUT2D eigenvalue weighted by Gasteiger charge is -2.14. The van der Waals surface area contributed by atoms with Crippen LogP contribution in [0.15, 0.2) is 144 Å². The topological polar surface area (TPSA) is 30.7 Å². The van der Waals surface area contributed by atoms with E-state index in [0.29, 0.717) is 5.25 Å². The Balaban J connectivity index is 1.14. The van der Waals surface area contributed by atoms with Gasteiger partial charge in [-0.2, -0.15) is 0 Å². The fourth-order valence-electron chi connectivity index (χ4n) is 7.00. The molecule has 1 unspecified atom stereocenters. The van der Waals surface area contributed by atoms with E-state index in [-0.39, 0.29) is 0 Å². The number of allylic oxidation sites excluding steroid dienone is 1. The molecule has 9 rings (SSSR count). The van der Waals surface area contributed by atoms with Gasteiger partial charge in [-0.15, -0.1) is 11.8 Å². The number of fused-ring (bicyclic) bond motifs is 5. The first-order valence-electron chi connectivity index (χ1n) is 16.0. The fraction of sp³-hybridized carbons (Fsp3) is 0.0952. The van der Waals surface area contributed by atoms with Gasteiger partial charge in [0.25, 0.3) is 0 Å². The molecule has 0 fully saturated rings. The minimum Gasteiger partial charge on any atom is -0.313 e. The number of aromatic nitrogens is 3. The normalized spacial score (nSPS) is 15.2. The summed E-state index contributed by atoms with van der Waals surface area (Å²) in [6.07, 6.45) is 7.87. The van der Waals surface area contributed by atoms with Crippen LogP contribution in [-0.4, -0.2) is 14.5 Å². The highest BCUT2D eigenvalue weighted by Crippen LogP contribution is 2.51. The van der Waals surface area contributed by atoms with E-state index in [1.807, 2.05) is 23.9 Å². The molecule has 0 amide bonds. The Bertz CT molecular complexity index is 2180. The van der Waals surface area contributed by atoms with Crippen LogP contribution in [0.2, 0.25) is 0 Å². The quantitative estimate of drug-likeness (QED) is 0.195. The SMILES string of the molecule is C1=Cc2c(n(-c3ccc(-c4nc(-c5ccccc5)cc(-c5ccccc5)n4)cc3)c3ccc4c(c23)SC(c2ccccc2)C4)CC1. The summed E-state index contributed by atoms with van der Waals surface area (Å²) in [5.74, 6) is 0.732. The number of hydrogen-bond donors (Lipinski definition) is 0. The second-order valence-corrected chi connectivity index (χ2v) is 13.3. The molecule has 1 aliphatic carbocycles. The van der Waals surface area contributed by atoms with Gasteiger partial charge in [-0.25, -0.2) is 9.97 Å². The second-order valence-electron chi connectivity index (χ2n) is 12.0. The number of nitrogens with zero attached hydrogens (tertiary/aromatic N) is 3. The van der Waals surface area contributed by atoms with Crippen molar-refractivity contribution in [2.24, 2.45) is 0 Å². The maximum atomic E-state index is 5.05. The molecule has 46 heavy (non-hydrogen) atoms. The zero-order valence-corrected chi connectivity index (χ0v) is 26.1. The van der Waals surface area contributed by atoms with E-state index in [1.165, 1.54) is 43.9 Å². The van der Waals surface area contributed by atoms with Gasteiger partial charge in [0.05, 0.1) is 16.9 Å². The number of rotatable bonds is 5. The second kappa shape index (κ2) is 11.3. The molecule has 220 valence electrons. The predicted octanol–water partition coefficient (Wildman–Crippen LogP) is 10.8. The lowest BCUT2D eigenvalue weighted by Crippen LogP contribution is -2.03. The third kappa shape index (κ3) is 4.69. The van der Waals surface area contributed by atoms with Crippen molar-refractivity contribution >= 4 is 28.7 Å². The molecule has 3 heterocycles. The number of benzene rings is 5. The Hall–Kier alpha value is -5.19. The van der Waals surface area contributed by atoms with E-state index < -0.39 is 0 Å². The Morgan fingerprint density at radius 2 is 1.30 bits per heavy atom. The summed E-state index contributed by atoms with van der Waals surface area (Å²) in [6, 6.07) is 47.3. The molecule has 1 atom stereocenters. The molecule has 3 nitrogen and oxygen atoms in total. The summed E-state index contributed by atoms with van der Waals surface area (Å²) in [5, 5.41) is 1.86. The molecule has 0 bridgehead atoms. The van der Waals surface area contributed by atoms with Gasteiger partial charge in [-0.05, 0) is 66.8 Å². The summed E-state index contributed by atoms with van der Waals surface area (Å²) in [5.41, 5.74) is 13.1. The molecule has 1 aliphatic heterocycles. The van der Waals surface area contributed by atoms with Crippen molar-refractivity contribution in [3.05, 3.63) is 162 Å². The van der Waals surface area contributed by atoms with E-state index in [2.05, 4.69) is 138 Å².